The Hall–Kier alpha value is -1.43. The molecule has 1 aromatic rings. The van der Waals surface area contributed by atoms with Gasteiger partial charge in [-0.3, -0.25) is 4.79 Å². The van der Waals surface area contributed by atoms with E-state index in [0.29, 0.717) is 11.7 Å². The van der Waals surface area contributed by atoms with Crippen molar-refractivity contribution >= 4 is 5.91 Å². The minimum absolute atomic E-state index is 0.112. The molecule has 3 rings (SSSR count). The molecule has 0 bridgehead atoms. The molecule has 6 heteroatoms. The summed E-state index contributed by atoms with van der Waals surface area (Å²) in [7, 11) is 0. The number of nitrogens with zero attached hydrogens (tertiary/aromatic N) is 3. The van der Waals surface area contributed by atoms with Crippen LogP contribution in [0.3, 0.4) is 0 Å². The SMILES string of the molecule is CC1(C)CC1NC(=O)c1cn(C2CNC2)nn1. The number of hydrogen-bond donors (Lipinski definition) is 2. The molecule has 2 N–H and O–H groups in total. The monoisotopic (exact) mass is 235 g/mol. The van der Waals surface area contributed by atoms with Crippen LogP contribution in [0.2, 0.25) is 0 Å². The lowest BCUT2D eigenvalue weighted by atomic mass is 10.2. The van der Waals surface area contributed by atoms with Crippen molar-refractivity contribution in [3.63, 3.8) is 0 Å². The fourth-order valence-electron chi connectivity index (χ4n) is 1.97. The fourth-order valence-corrected chi connectivity index (χ4v) is 1.97. The molecule has 1 unspecified atom stereocenters. The first-order chi connectivity index (χ1) is 8.06. The normalized spacial score (nSPS) is 26.4. The molecule has 0 aromatic carbocycles. The van der Waals surface area contributed by atoms with E-state index in [9.17, 15) is 4.79 Å². The third kappa shape index (κ3) is 1.93. The molecule has 1 aliphatic heterocycles. The third-order valence-corrected chi connectivity index (χ3v) is 3.70. The van der Waals surface area contributed by atoms with Crippen LogP contribution >= 0.6 is 0 Å². The predicted octanol–water partition coefficient (Wildman–Crippen LogP) is -0.0493. The Kier molecular flexibility index (Phi) is 2.22. The highest BCUT2D eigenvalue weighted by molar-refractivity contribution is 5.92. The molecule has 0 spiro atoms. The number of carbonyl (C=O) groups is 1. The van der Waals surface area contributed by atoms with Gasteiger partial charge in [0.15, 0.2) is 5.69 Å². The summed E-state index contributed by atoms with van der Waals surface area (Å²) in [6.45, 7) is 6.10. The van der Waals surface area contributed by atoms with Gasteiger partial charge in [0.1, 0.15) is 0 Å². The molecule has 1 aromatic heterocycles. The topological polar surface area (TPSA) is 71.8 Å². The van der Waals surface area contributed by atoms with Crippen LogP contribution in [0.5, 0.6) is 0 Å². The molecule has 2 fully saturated rings. The zero-order chi connectivity index (χ0) is 12.0. The van der Waals surface area contributed by atoms with Crippen molar-refractivity contribution < 1.29 is 4.79 Å². The van der Waals surface area contributed by atoms with Gasteiger partial charge < -0.3 is 10.6 Å². The van der Waals surface area contributed by atoms with Crippen LogP contribution in [0.15, 0.2) is 6.20 Å². The molecule has 1 aliphatic carbocycles. The van der Waals surface area contributed by atoms with Crippen molar-refractivity contribution in [1.82, 2.24) is 25.6 Å². The summed E-state index contributed by atoms with van der Waals surface area (Å²) in [5.41, 5.74) is 0.656. The Morgan fingerprint density at radius 3 is 2.82 bits per heavy atom. The van der Waals surface area contributed by atoms with Gasteiger partial charge in [0.25, 0.3) is 5.91 Å². The molecule has 1 saturated heterocycles. The average Bonchev–Trinajstić information content (AvgIpc) is 2.62. The molecular weight excluding hydrogens is 218 g/mol. The second kappa shape index (κ2) is 3.53. The van der Waals surface area contributed by atoms with Crippen LogP contribution < -0.4 is 10.6 Å². The van der Waals surface area contributed by atoms with E-state index in [2.05, 4.69) is 34.8 Å². The number of amides is 1. The zero-order valence-electron chi connectivity index (χ0n) is 10.1. The maximum absolute atomic E-state index is 11.9. The summed E-state index contributed by atoms with van der Waals surface area (Å²) in [6.07, 6.45) is 2.77. The van der Waals surface area contributed by atoms with E-state index in [1.54, 1.807) is 10.9 Å². The van der Waals surface area contributed by atoms with Gasteiger partial charge in [-0.1, -0.05) is 19.1 Å². The summed E-state index contributed by atoms with van der Waals surface area (Å²) in [5.74, 6) is -0.112. The van der Waals surface area contributed by atoms with Crippen molar-refractivity contribution in [2.24, 2.45) is 5.41 Å². The zero-order valence-corrected chi connectivity index (χ0v) is 10.1. The van der Waals surface area contributed by atoms with Crippen molar-refractivity contribution in [3.05, 3.63) is 11.9 Å². The van der Waals surface area contributed by atoms with E-state index in [1.165, 1.54) is 0 Å². The summed E-state index contributed by atoms with van der Waals surface area (Å²) >= 11 is 0. The molecule has 6 nitrogen and oxygen atoms in total. The van der Waals surface area contributed by atoms with Crippen LogP contribution in [0.1, 0.15) is 36.8 Å². The number of rotatable bonds is 3. The van der Waals surface area contributed by atoms with Crippen LogP contribution in [0, 0.1) is 5.41 Å². The standard InChI is InChI=1S/C11H17N5O/c1-11(2)3-9(11)13-10(17)8-6-16(15-14-8)7-4-12-5-7/h6-7,9,12H,3-5H2,1-2H3,(H,13,17). The van der Waals surface area contributed by atoms with E-state index in [0.717, 1.165) is 19.5 Å². The van der Waals surface area contributed by atoms with Crippen molar-refractivity contribution in [1.29, 1.82) is 0 Å². The lowest BCUT2D eigenvalue weighted by molar-refractivity contribution is 0.0941. The van der Waals surface area contributed by atoms with Crippen molar-refractivity contribution in [2.45, 2.75) is 32.4 Å². The van der Waals surface area contributed by atoms with Gasteiger partial charge >= 0.3 is 0 Å². The maximum atomic E-state index is 11.9. The molecule has 2 heterocycles. The molecule has 92 valence electrons. The molecule has 2 aliphatic rings. The first-order valence-electron chi connectivity index (χ1n) is 6.00. The predicted molar refractivity (Wildman–Crippen MR) is 61.6 cm³/mol. The first-order valence-corrected chi connectivity index (χ1v) is 6.00. The second-order valence-electron chi connectivity index (χ2n) is 5.61. The van der Waals surface area contributed by atoms with E-state index in [4.69, 9.17) is 0 Å². The van der Waals surface area contributed by atoms with Gasteiger partial charge in [0.05, 0.1) is 12.2 Å². The van der Waals surface area contributed by atoms with Gasteiger partial charge in [0.2, 0.25) is 0 Å². The molecule has 1 atom stereocenters. The van der Waals surface area contributed by atoms with Gasteiger partial charge in [-0.25, -0.2) is 4.68 Å². The summed E-state index contributed by atoms with van der Waals surface area (Å²) in [6, 6.07) is 0.631. The Labute approximate surface area is 99.8 Å². The summed E-state index contributed by atoms with van der Waals surface area (Å²) in [4.78, 5) is 11.9. The highest BCUT2D eigenvalue weighted by atomic mass is 16.2. The highest BCUT2D eigenvalue weighted by Gasteiger charge is 2.46. The van der Waals surface area contributed by atoms with Crippen LogP contribution in [0.4, 0.5) is 0 Å². The van der Waals surface area contributed by atoms with Crippen molar-refractivity contribution in [3.8, 4) is 0 Å². The highest BCUT2D eigenvalue weighted by Crippen LogP contribution is 2.44. The van der Waals surface area contributed by atoms with Crippen LogP contribution in [-0.2, 0) is 0 Å². The number of carbonyl (C=O) groups excluding carboxylic acids is 1. The Balaban J connectivity index is 1.63. The van der Waals surface area contributed by atoms with Crippen LogP contribution in [0.25, 0.3) is 0 Å². The van der Waals surface area contributed by atoms with Gasteiger partial charge in [0, 0.05) is 19.1 Å². The summed E-state index contributed by atoms with van der Waals surface area (Å²) < 4.78 is 1.77. The van der Waals surface area contributed by atoms with Gasteiger partial charge in [-0.15, -0.1) is 5.10 Å². The van der Waals surface area contributed by atoms with Crippen molar-refractivity contribution in [2.75, 3.05) is 13.1 Å². The third-order valence-electron chi connectivity index (χ3n) is 3.70. The number of hydrogen-bond acceptors (Lipinski definition) is 4. The second-order valence-corrected chi connectivity index (χ2v) is 5.61. The Morgan fingerprint density at radius 2 is 2.29 bits per heavy atom. The Bertz CT molecular complexity index is 448. The lowest BCUT2D eigenvalue weighted by Gasteiger charge is -2.26. The molecule has 17 heavy (non-hydrogen) atoms. The average molecular weight is 235 g/mol. The van der Waals surface area contributed by atoms with E-state index < -0.39 is 0 Å². The quantitative estimate of drug-likeness (QED) is 0.770. The van der Waals surface area contributed by atoms with E-state index in [-0.39, 0.29) is 17.4 Å². The number of aromatic nitrogens is 3. The van der Waals surface area contributed by atoms with E-state index in [1.807, 2.05) is 0 Å². The number of nitrogens with one attached hydrogen (secondary N) is 2. The molecule has 1 amide bonds. The first kappa shape index (κ1) is 10.7. The van der Waals surface area contributed by atoms with E-state index >= 15 is 0 Å². The minimum atomic E-state index is -0.112. The molecule has 0 radical (unpaired) electrons. The lowest BCUT2D eigenvalue weighted by Crippen LogP contribution is -2.43. The maximum Gasteiger partial charge on any atom is 0.273 e. The summed E-state index contributed by atoms with van der Waals surface area (Å²) in [5, 5.41) is 14.1. The Morgan fingerprint density at radius 1 is 1.59 bits per heavy atom. The molecular formula is C11H17N5O. The molecule has 1 saturated carbocycles. The minimum Gasteiger partial charge on any atom is -0.347 e. The fraction of sp³-hybridized carbons (Fsp3) is 0.727. The van der Waals surface area contributed by atoms with Gasteiger partial charge in [-0.05, 0) is 11.8 Å². The van der Waals surface area contributed by atoms with Crippen LogP contribution in [-0.4, -0.2) is 40.0 Å². The largest absolute Gasteiger partial charge is 0.347 e. The van der Waals surface area contributed by atoms with Gasteiger partial charge in [-0.2, -0.15) is 0 Å². The smallest absolute Gasteiger partial charge is 0.273 e.